The number of aromatic nitrogens is 2. The lowest BCUT2D eigenvalue weighted by atomic mass is 10.0. The highest BCUT2D eigenvalue weighted by Gasteiger charge is 2.12. The molecule has 0 radical (unpaired) electrons. The van der Waals surface area contributed by atoms with E-state index in [1.807, 2.05) is 35.7 Å². The number of carbonyl (C=O) groups is 1. The van der Waals surface area contributed by atoms with Crippen molar-refractivity contribution >= 4 is 28.3 Å². The molecular weight excluding hydrogens is 430 g/mol. The molecule has 0 bridgehead atoms. The molecule has 0 unspecified atom stereocenters. The average Bonchev–Trinajstić information content (AvgIpc) is 3.48. The van der Waals surface area contributed by atoms with Crippen molar-refractivity contribution < 1.29 is 9.53 Å². The van der Waals surface area contributed by atoms with Crippen LogP contribution in [0.15, 0.2) is 66.0 Å². The van der Waals surface area contributed by atoms with E-state index in [0.29, 0.717) is 25.5 Å². The number of imidazole rings is 1. The molecule has 0 aliphatic rings. The Hall–Kier alpha value is -3.12. The van der Waals surface area contributed by atoms with Crippen LogP contribution in [0.3, 0.4) is 0 Å². The van der Waals surface area contributed by atoms with E-state index in [2.05, 4.69) is 54.1 Å². The van der Waals surface area contributed by atoms with Gasteiger partial charge in [0.1, 0.15) is 11.6 Å². The summed E-state index contributed by atoms with van der Waals surface area (Å²) in [7, 11) is 0. The summed E-state index contributed by atoms with van der Waals surface area (Å²) >= 11 is 1.46. The summed E-state index contributed by atoms with van der Waals surface area (Å²) in [6.45, 7) is 6.52. The zero-order valence-electron chi connectivity index (χ0n) is 19.3. The molecule has 0 saturated heterocycles. The van der Waals surface area contributed by atoms with Gasteiger partial charge in [0.05, 0.1) is 22.5 Å². The highest BCUT2D eigenvalue weighted by Crippen LogP contribution is 2.26. The normalized spacial score (nSPS) is 11.2. The Morgan fingerprint density at radius 2 is 1.88 bits per heavy atom. The van der Waals surface area contributed by atoms with E-state index in [0.717, 1.165) is 46.9 Å². The Morgan fingerprint density at radius 1 is 1.06 bits per heavy atom. The molecule has 0 fully saturated rings. The smallest absolute Gasteiger partial charge is 0.261 e. The summed E-state index contributed by atoms with van der Waals surface area (Å²) in [6.07, 6.45) is 2.66. The van der Waals surface area contributed by atoms with E-state index in [9.17, 15) is 4.79 Å². The van der Waals surface area contributed by atoms with Crippen molar-refractivity contribution in [3.8, 4) is 5.75 Å². The van der Waals surface area contributed by atoms with Crippen molar-refractivity contribution in [2.75, 3.05) is 13.2 Å². The third-order valence-corrected chi connectivity index (χ3v) is 6.56. The maximum atomic E-state index is 12.2. The van der Waals surface area contributed by atoms with Crippen molar-refractivity contribution in [1.82, 2.24) is 14.9 Å². The zero-order chi connectivity index (χ0) is 23.0. The van der Waals surface area contributed by atoms with Crippen LogP contribution in [0.4, 0.5) is 0 Å². The van der Waals surface area contributed by atoms with Gasteiger partial charge >= 0.3 is 0 Å². The molecule has 0 saturated carbocycles. The van der Waals surface area contributed by atoms with Gasteiger partial charge in [0, 0.05) is 19.5 Å². The van der Waals surface area contributed by atoms with Crippen LogP contribution < -0.4 is 10.1 Å². The minimum atomic E-state index is -0.0218. The number of rotatable bonds is 11. The standard InChI is InChI=1S/C27H31N3O2S/c1-20(2)21-10-3-6-13-24(21)32-18-8-7-17-30-23-12-5-4-11-22(23)29-26(30)15-16-28-27(31)25-14-9-19-33-25/h3-6,9-14,19-20H,7-8,15-18H2,1-2H3,(H,28,31). The fraction of sp³-hybridized carbons (Fsp3) is 0.333. The number of nitrogens with zero attached hydrogens (tertiary/aromatic N) is 2. The van der Waals surface area contributed by atoms with Crippen LogP contribution in [-0.4, -0.2) is 28.6 Å². The summed E-state index contributed by atoms with van der Waals surface area (Å²) in [6, 6.07) is 20.3. The Labute approximate surface area is 199 Å². The monoisotopic (exact) mass is 461 g/mol. The average molecular weight is 462 g/mol. The van der Waals surface area contributed by atoms with Gasteiger partial charge in [-0.2, -0.15) is 0 Å². The van der Waals surface area contributed by atoms with Crippen LogP contribution in [0.5, 0.6) is 5.75 Å². The summed E-state index contributed by atoms with van der Waals surface area (Å²) < 4.78 is 8.38. The molecule has 0 spiro atoms. The zero-order valence-corrected chi connectivity index (χ0v) is 20.1. The number of amides is 1. The molecule has 4 aromatic rings. The Morgan fingerprint density at radius 3 is 2.70 bits per heavy atom. The van der Waals surface area contributed by atoms with E-state index >= 15 is 0 Å². The van der Waals surface area contributed by atoms with Crippen LogP contribution >= 0.6 is 11.3 Å². The van der Waals surface area contributed by atoms with Gasteiger partial charge in [0.15, 0.2) is 0 Å². The van der Waals surface area contributed by atoms with Crippen molar-refractivity contribution in [3.05, 3.63) is 82.3 Å². The summed E-state index contributed by atoms with van der Waals surface area (Å²) in [4.78, 5) is 17.8. The lowest BCUT2D eigenvalue weighted by molar-refractivity contribution is 0.0958. The first-order valence-electron chi connectivity index (χ1n) is 11.6. The molecule has 5 nitrogen and oxygen atoms in total. The number of hydrogen-bond acceptors (Lipinski definition) is 4. The van der Waals surface area contributed by atoms with Gasteiger partial charge in [0.2, 0.25) is 0 Å². The number of thiophene rings is 1. The van der Waals surface area contributed by atoms with E-state index in [-0.39, 0.29) is 5.91 Å². The van der Waals surface area contributed by atoms with E-state index in [1.165, 1.54) is 16.9 Å². The molecule has 0 aliphatic heterocycles. The second-order valence-electron chi connectivity index (χ2n) is 8.40. The quantitative estimate of drug-likeness (QED) is 0.277. The highest BCUT2D eigenvalue weighted by molar-refractivity contribution is 7.12. The third kappa shape index (κ3) is 5.82. The van der Waals surface area contributed by atoms with Crippen molar-refractivity contribution in [2.24, 2.45) is 0 Å². The lowest BCUT2D eigenvalue weighted by Crippen LogP contribution is -2.25. The molecule has 6 heteroatoms. The van der Waals surface area contributed by atoms with E-state index in [4.69, 9.17) is 9.72 Å². The number of carbonyl (C=O) groups excluding carboxylic acids is 1. The first kappa shape index (κ1) is 23.1. The predicted octanol–water partition coefficient (Wildman–Crippen LogP) is 6.05. The van der Waals surface area contributed by atoms with Crippen molar-refractivity contribution in [1.29, 1.82) is 0 Å². The van der Waals surface area contributed by atoms with Gasteiger partial charge in [-0.05, 0) is 54.0 Å². The fourth-order valence-corrected chi connectivity index (χ4v) is 4.63. The molecule has 33 heavy (non-hydrogen) atoms. The SMILES string of the molecule is CC(C)c1ccccc1OCCCCn1c(CCNC(=O)c2cccs2)nc2ccccc21. The maximum Gasteiger partial charge on any atom is 0.261 e. The number of para-hydroxylation sites is 3. The minimum Gasteiger partial charge on any atom is -0.493 e. The van der Waals surface area contributed by atoms with Gasteiger partial charge in [-0.3, -0.25) is 4.79 Å². The van der Waals surface area contributed by atoms with Crippen LogP contribution in [0.2, 0.25) is 0 Å². The van der Waals surface area contributed by atoms with Gasteiger partial charge < -0.3 is 14.6 Å². The predicted molar refractivity (Wildman–Crippen MR) is 135 cm³/mol. The Balaban J connectivity index is 1.33. The topological polar surface area (TPSA) is 56.1 Å². The Bertz CT molecular complexity index is 1180. The molecule has 2 heterocycles. The molecule has 1 amide bonds. The summed E-state index contributed by atoms with van der Waals surface area (Å²) in [5, 5.41) is 4.93. The second kappa shape index (κ2) is 11.1. The number of nitrogens with one attached hydrogen (secondary N) is 1. The maximum absolute atomic E-state index is 12.2. The van der Waals surface area contributed by atoms with Crippen LogP contribution in [-0.2, 0) is 13.0 Å². The number of hydrogen-bond donors (Lipinski definition) is 1. The molecule has 2 aromatic heterocycles. The van der Waals surface area contributed by atoms with Crippen LogP contribution in [0.25, 0.3) is 11.0 Å². The Kier molecular flexibility index (Phi) is 7.79. The molecule has 1 N–H and O–H groups in total. The first-order valence-corrected chi connectivity index (χ1v) is 12.5. The number of unbranched alkanes of at least 4 members (excludes halogenated alkanes) is 1. The largest absolute Gasteiger partial charge is 0.493 e. The van der Waals surface area contributed by atoms with Crippen molar-refractivity contribution in [3.63, 3.8) is 0 Å². The fourth-order valence-electron chi connectivity index (χ4n) is 3.99. The van der Waals surface area contributed by atoms with Crippen molar-refractivity contribution in [2.45, 2.75) is 45.6 Å². The van der Waals surface area contributed by atoms with Gasteiger partial charge in [0.25, 0.3) is 5.91 Å². The lowest BCUT2D eigenvalue weighted by Gasteiger charge is -2.14. The van der Waals surface area contributed by atoms with E-state index < -0.39 is 0 Å². The summed E-state index contributed by atoms with van der Waals surface area (Å²) in [5.41, 5.74) is 3.40. The van der Waals surface area contributed by atoms with Crippen LogP contribution in [0, 0.1) is 0 Å². The van der Waals surface area contributed by atoms with Gasteiger partial charge in [-0.15, -0.1) is 11.3 Å². The number of benzene rings is 2. The first-order chi connectivity index (χ1) is 16.1. The number of fused-ring (bicyclic) bond motifs is 1. The molecule has 4 rings (SSSR count). The van der Waals surface area contributed by atoms with E-state index in [1.54, 1.807) is 0 Å². The summed E-state index contributed by atoms with van der Waals surface area (Å²) in [5.74, 6) is 2.42. The molecular formula is C27H31N3O2S. The minimum absolute atomic E-state index is 0.0218. The van der Waals surface area contributed by atoms with Gasteiger partial charge in [-0.1, -0.05) is 50.2 Å². The van der Waals surface area contributed by atoms with Crippen LogP contribution in [0.1, 0.15) is 53.7 Å². The van der Waals surface area contributed by atoms with Gasteiger partial charge in [-0.25, -0.2) is 4.98 Å². The molecule has 172 valence electrons. The third-order valence-electron chi connectivity index (χ3n) is 5.69. The highest BCUT2D eigenvalue weighted by atomic mass is 32.1. The molecule has 0 atom stereocenters. The molecule has 0 aliphatic carbocycles. The number of aryl methyl sites for hydroxylation is 1. The molecule has 2 aromatic carbocycles. The number of ether oxygens (including phenoxy) is 1. The second-order valence-corrected chi connectivity index (χ2v) is 9.35.